The van der Waals surface area contributed by atoms with Gasteiger partial charge in [-0.3, -0.25) is 4.79 Å². The predicted octanol–water partition coefficient (Wildman–Crippen LogP) is 3.80. The number of aliphatic hydroxyl groups is 1. The fourth-order valence-electron chi connectivity index (χ4n) is 2.15. The highest BCUT2D eigenvalue weighted by Gasteiger charge is 2.00. The van der Waals surface area contributed by atoms with Crippen molar-refractivity contribution in [1.82, 2.24) is 5.32 Å². The van der Waals surface area contributed by atoms with Crippen LogP contribution in [0.1, 0.15) is 84.0 Å². The van der Waals surface area contributed by atoms with E-state index in [1.165, 1.54) is 38.5 Å². The van der Waals surface area contributed by atoms with Crippen LogP contribution in [0.15, 0.2) is 0 Å². The number of hydrogen-bond acceptors (Lipinski definition) is 2. The van der Waals surface area contributed by atoms with E-state index in [4.69, 9.17) is 5.11 Å². The van der Waals surface area contributed by atoms with Crippen LogP contribution < -0.4 is 5.32 Å². The van der Waals surface area contributed by atoms with Gasteiger partial charge in [0, 0.05) is 19.6 Å². The second-order valence-electron chi connectivity index (χ2n) is 5.36. The second-order valence-corrected chi connectivity index (χ2v) is 5.36. The molecule has 3 heteroatoms. The lowest BCUT2D eigenvalue weighted by atomic mass is 10.1. The van der Waals surface area contributed by atoms with Gasteiger partial charge in [-0.1, -0.05) is 58.3 Å². The first-order valence-electron chi connectivity index (χ1n) is 8.18. The molecule has 0 rings (SSSR count). The molecule has 2 N–H and O–H groups in total. The molecule has 3 nitrogen and oxygen atoms in total. The van der Waals surface area contributed by atoms with E-state index >= 15 is 0 Å². The summed E-state index contributed by atoms with van der Waals surface area (Å²) in [6.45, 7) is 3.31. The maximum atomic E-state index is 11.5. The lowest BCUT2D eigenvalue weighted by molar-refractivity contribution is -0.121. The third-order valence-electron chi connectivity index (χ3n) is 3.41. The van der Waals surface area contributed by atoms with E-state index in [1.54, 1.807) is 0 Å². The SMILES string of the molecule is CCCCCCCCCC(=O)NCCCCCCO. The maximum absolute atomic E-state index is 11.5. The lowest BCUT2D eigenvalue weighted by Gasteiger charge is -2.05. The van der Waals surface area contributed by atoms with Gasteiger partial charge < -0.3 is 10.4 Å². The molecule has 0 radical (unpaired) electrons. The van der Waals surface area contributed by atoms with E-state index in [-0.39, 0.29) is 12.5 Å². The highest BCUT2D eigenvalue weighted by Crippen LogP contribution is 2.08. The Morgan fingerprint density at radius 2 is 1.42 bits per heavy atom. The van der Waals surface area contributed by atoms with E-state index in [2.05, 4.69) is 12.2 Å². The average molecular weight is 271 g/mol. The number of unbranched alkanes of at least 4 members (excludes halogenated alkanes) is 9. The summed E-state index contributed by atoms with van der Waals surface area (Å²) in [5, 5.41) is 11.6. The van der Waals surface area contributed by atoms with E-state index in [9.17, 15) is 4.79 Å². The first-order valence-corrected chi connectivity index (χ1v) is 8.18. The van der Waals surface area contributed by atoms with E-state index in [0.717, 1.165) is 38.6 Å². The van der Waals surface area contributed by atoms with Gasteiger partial charge in [0.25, 0.3) is 0 Å². The van der Waals surface area contributed by atoms with Crippen molar-refractivity contribution in [3.8, 4) is 0 Å². The van der Waals surface area contributed by atoms with Crippen LogP contribution in [-0.2, 0) is 4.79 Å². The van der Waals surface area contributed by atoms with Gasteiger partial charge in [0.1, 0.15) is 0 Å². The third-order valence-corrected chi connectivity index (χ3v) is 3.41. The fraction of sp³-hybridized carbons (Fsp3) is 0.938. The number of carbonyl (C=O) groups is 1. The molecule has 0 heterocycles. The number of nitrogens with one attached hydrogen (secondary N) is 1. The van der Waals surface area contributed by atoms with Gasteiger partial charge >= 0.3 is 0 Å². The van der Waals surface area contributed by atoms with Crippen LogP contribution in [0.4, 0.5) is 0 Å². The van der Waals surface area contributed by atoms with Gasteiger partial charge in [0.15, 0.2) is 0 Å². The molecule has 1 amide bonds. The highest BCUT2D eigenvalue weighted by atomic mass is 16.2. The quantitative estimate of drug-likeness (QED) is 0.472. The molecule has 114 valence electrons. The molecule has 0 aliphatic carbocycles. The van der Waals surface area contributed by atoms with Crippen LogP contribution in [0.3, 0.4) is 0 Å². The largest absolute Gasteiger partial charge is 0.396 e. The number of hydrogen-bond donors (Lipinski definition) is 2. The number of carbonyl (C=O) groups excluding carboxylic acids is 1. The molecule has 19 heavy (non-hydrogen) atoms. The van der Waals surface area contributed by atoms with Crippen molar-refractivity contribution in [3.05, 3.63) is 0 Å². The van der Waals surface area contributed by atoms with Crippen LogP contribution in [0.5, 0.6) is 0 Å². The first kappa shape index (κ1) is 18.4. The topological polar surface area (TPSA) is 49.3 Å². The van der Waals surface area contributed by atoms with Crippen molar-refractivity contribution in [2.45, 2.75) is 84.0 Å². The van der Waals surface area contributed by atoms with Crippen molar-refractivity contribution in [1.29, 1.82) is 0 Å². The minimum atomic E-state index is 0.204. The lowest BCUT2D eigenvalue weighted by Crippen LogP contribution is -2.23. The van der Waals surface area contributed by atoms with Gasteiger partial charge in [-0.05, 0) is 19.3 Å². The zero-order valence-electron chi connectivity index (χ0n) is 12.8. The smallest absolute Gasteiger partial charge is 0.219 e. The van der Waals surface area contributed by atoms with E-state index in [1.807, 2.05) is 0 Å². The molecule has 0 bridgehead atoms. The van der Waals surface area contributed by atoms with Crippen LogP contribution in [0, 0.1) is 0 Å². The van der Waals surface area contributed by atoms with E-state index < -0.39 is 0 Å². The summed E-state index contributed by atoms with van der Waals surface area (Å²) in [5.74, 6) is 0.204. The van der Waals surface area contributed by atoms with Gasteiger partial charge in [0.2, 0.25) is 5.91 Å². The van der Waals surface area contributed by atoms with Crippen molar-refractivity contribution in [3.63, 3.8) is 0 Å². The third kappa shape index (κ3) is 15.4. The summed E-state index contributed by atoms with van der Waals surface area (Å²) in [6, 6.07) is 0. The van der Waals surface area contributed by atoms with Crippen LogP contribution in [0.2, 0.25) is 0 Å². The molecule has 0 unspecified atom stereocenters. The molecule has 0 spiro atoms. The zero-order valence-corrected chi connectivity index (χ0v) is 12.8. The summed E-state index contributed by atoms with van der Waals surface area (Å²) in [4.78, 5) is 11.5. The standard InChI is InChI=1S/C16H33NO2/c1-2-3-4-5-6-7-10-13-16(19)17-14-11-8-9-12-15-18/h18H,2-15H2,1H3,(H,17,19). The Kier molecular flexibility index (Phi) is 15.0. The molecule has 0 aromatic rings. The molecule has 0 fully saturated rings. The average Bonchev–Trinajstić information content (AvgIpc) is 2.41. The van der Waals surface area contributed by atoms with Crippen molar-refractivity contribution in [2.75, 3.05) is 13.2 Å². The van der Waals surface area contributed by atoms with Gasteiger partial charge in [0.05, 0.1) is 0 Å². The Morgan fingerprint density at radius 1 is 0.842 bits per heavy atom. The van der Waals surface area contributed by atoms with Crippen molar-refractivity contribution < 1.29 is 9.90 Å². The first-order chi connectivity index (χ1) is 9.31. The molecular formula is C16H33NO2. The Balaban J connectivity index is 3.13. The van der Waals surface area contributed by atoms with Crippen LogP contribution in [-0.4, -0.2) is 24.2 Å². The molecule has 0 aliphatic rings. The fourth-order valence-corrected chi connectivity index (χ4v) is 2.15. The van der Waals surface area contributed by atoms with Gasteiger partial charge in [-0.25, -0.2) is 0 Å². The summed E-state index contributed by atoms with van der Waals surface area (Å²) in [6.07, 6.45) is 13.5. The zero-order chi connectivity index (χ0) is 14.2. The molecule has 0 aromatic carbocycles. The minimum absolute atomic E-state index is 0.204. The molecule has 0 aliphatic heterocycles. The minimum Gasteiger partial charge on any atom is -0.396 e. The van der Waals surface area contributed by atoms with Crippen molar-refractivity contribution in [2.24, 2.45) is 0 Å². The van der Waals surface area contributed by atoms with Crippen LogP contribution in [0.25, 0.3) is 0 Å². The van der Waals surface area contributed by atoms with E-state index in [0.29, 0.717) is 6.42 Å². The molecule has 0 aromatic heterocycles. The molecule has 0 atom stereocenters. The summed E-state index contributed by atoms with van der Waals surface area (Å²) in [7, 11) is 0. The Bertz CT molecular complexity index is 195. The summed E-state index contributed by atoms with van der Waals surface area (Å²) >= 11 is 0. The Labute approximate surface area is 119 Å². The van der Waals surface area contributed by atoms with Crippen LogP contribution >= 0.6 is 0 Å². The highest BCUT2D eigenvalue weighted by molar-refractivity contribution is 5.75. The molecular weight excluding hydrogens is 238 g/mol. The normalized spacial score (nSPS) is 10.6. The number of amides is 1. The predicted molar refractivity (Wildman–Crippen MR) is 81.2 cm³/mol. The monoisotopic (exact) mass is 271 g/mol. The Morgan fingerprint density at radius 3 is 2.11 bits per heavy atom. The van der Waals surface area contributed by atoms with Gasteiger partial charge in [-0.2, -0.15) is 0 Å². The number of aliphatic hydroxyl groups excluding tert-OH is 1. The Hall–Kier alpha value is -0.570. The second kappa shape index (κ2) is 15.5. The number of rotatable bonds is 14. The molecule has 0 saturated heterocycles. The van der Waals surface area contributed by atoms with Crippen molar-refractivity contribution >= 4 is 5.91 Å². The maximum Gasteiger partial charge on any atom is 0.219 e. The van der Waals surface area contributed by atoms with Gasteiger partial charge in [-0.15, -0.1) is 0 Å². The summed E-state index contributed by atoms with van der Waals surface area (Å²) in [5.41, 5.74) is 0. The molecule has 0 saturated carbocycles. The summed E-state index contributed by atoms with van der Waals surface area (Å²) < 4.78 is 0.